The molecule has 1 heterocycles. The lowest BCUT2D eigenvalue weighted by Gasteiger charge is -2.41. The van der Waals surface area contributed by atoms with Crippen LogP contribution in [-0.4, -0.2) is 33.1 Å². The van der Waals surface area contributed by atoms with Crippen molar-refractivity contribution in [1.82, 2.24) is 5.32 Å². The van der Waals surface area contributed by atoms with Crippen molar-refractivity contribution < 1.29 is 24.7 Å². The molecule has 0 saturated carbocycles. The van der Waals surface area contributed by atoms with E-state index in [-0.39, 0.29) is 11.3 Å². The quantitative estimate of drug-likeness (QED) is 0.566. The average molecular weight is 320 g/mol. The SMILES string of the molecule is CC1=CC(C(=O)O)(c2cccc([N+](=O)[O-])c2)C(C(=O)O)C(C)N1. The number of rotatable bonds is 4. The molecule has 1 aliphatic heterocycles. The molecule has 0 saturated heterocycles. The van der Waals surface area contributed by atoms with Gasteiger partial charge in [-0.3, -0.25) is 19.7 Å². The summed E-state index contributed by atoms with van der Waals surface area (Å²) in [4.78, 5) is 34.1. The smallest absolute Gasteiger partial charge is 0.319 e. The molecule has 2 rings (SSSR count). The van der Waals surface area contributed by atoms with Gasteiger partial charge in [0.2, 0.25) is 0 Å². The predicted octanol–water partition coefficient (Wildman–Crippen LogP) is 1.51. The number of hydrogen-bond donors (Lipinski definition) is 3. The van der Waals surface area contributed by atoms with E-state index in [1.54, 1.807) is 13.8 Å². The number of nitrogens with one attached hydrogen (secondary N) is 1. The Bertz CT molecular complexity index is 714. The van der Waals surface area contributed by atoms with Crippen molar-refractivity contribution in [2.75, 3.05) is 0 Å². The first-order chi connectivity index (χ1) is 10.7. The van der Waals surface area contributed by atoms with Crippen molar-refractivity contribution in [2.24, 2.45) is 5.92 Å². The fourth-order valence-corrected chi connectivity index (χ4v) is 3.18. The maximum atomic E-state index is 12.1. The zero-order valence-corrected chi connectivity index (χ0v) is 12.5. The summed E-state index contributed by atoms with van der Waals surface area (Å²) in [5.41, 5.74) is -1.60. The molecule has 3 atom stereocenters. The number of benzene rings is 1. The summed E-state index contributed by atoms with van der Waals surface area (Å²) in [6.07, 6.45) is 1.31. The maximum Gasteiger partial charge on any atom is 0.319 e. The normalized spacial score (nSPS) is 26.8. The summed E-state index contributed by atoms with van der Waals surface area (Å²) in [7, 11) is 0. The van der Waals surface area contributed by atoms with E-state index in [0.29, 0.717) is 5.70 Å². The molecule has 23 heavy (non-hydrogen) atoms. The Morgan fingerprint density at radius 1 is 1.35 bits per heavy atom. The molecule has 8 heteroatoms. The minimum Gasteiger partial charge on any atom is -0.481 e. The summed E-state index contributed by atoms with van der Waals surface area (Å²) in [6.45, 7) is 3.20. The van der Waals surface area contributed by atoms with Gasteiger partial charge in [-0.15, -0.1) is 0 Å². The molecule has 0 amide bonds. The molecule has 0 spiro atoms. The van der Waals surface area contributed by atoms with Crippen LogP contribution < -0.4 is 5.32 Å². The van der Waals surface area contributed by atoms with E-state index in [1.165, 1.54) is 24.3 Å². The molecule has 0 aromatic heterocycles. The molecule has 1 aromatic carbocycles. The summed E-state index contributed by atoms with van der Waals surface area (Å²) >= 11 is 0. The molecule has 3 N–H and O–H groups in total. The highest BCUT2D eigenvalue weighted by Crippen LogP contribution is 2.41. The third-order valence-electron chi connectivity index (χ3n) is 4.04. The number of carbonyl (C=O) groups is 2. The van der Waals surface area contributed by atoms with Gasteiger partial charge >= 0.3 is 11.9 Å². The number of nitro benzene ring substituents is 1. The molecule has 0 bridgehead atoms. The fourth-order valence-electron chi connectivity index (χ4n) is 3.18. The van der Waals surface area contributed by atoms with Crippen LogP contribution in [0.3, 0.4) is 0 Å². The molecule has 0 fully saturated rings. The first kappa shape index (κ1) is 16.5. The van der Waals surface area contributed by atoms with Crippen molar-refractivity contribution in [3.63, 3.8) is 0 Å². The Morgan fingerprint density at radius 3 is 2.52 bits per heavy atom. The average Bonchev–Trinajstić information content (AvgIpc) is 2.45. The van der Waals surface area contributed by atoms with Crippen LogP contribution in [0.1, 0.15) is 19.4 Å². The number of non-ortho nitro benzene ring substituents is 1. The van der Waals surface area contributed by atoms with Crippen LogP contribution in [0.25, 0.3) is 0 Å². The van der Waals surface area contributed by atoms with Crippen LogP contribution in [0.4, 0.5) is 5.69 Å². The summed E-state index contributed by atoms with van der Waals surface area (Å²) in [6, 6.07) is 4.45. The largest absolute Gasteiger partial charge is 0.481 e. The Balaban J connectivity index is 2.78. The van der Waals surface area contributed by atoms with Gasteiger partial charge in [0, 0.05) is 23.9 Å². The number of carboxylic acid groups (broad SMARTS) is 2. The van der Waals surface area contributed by atoms with E-state index in [0.717, 1.165) is 6.07 Å². The topological polar surface area (TPSA) is 130 Å². The maximum absolute atomic E-state index is 12.1. The standard InChI is InChI=1S/C15H16N2O6/c1-8-7-15(14(20)21,12(13(18)19)9(2)16-8)10-4-3-5-11(6-10)17(22)23/h3-7,9,12,16H,1-2H3,(H,18,19)(H,20,21). The number of aliphatic carboxylic acids is 2. The second-order valence-corrected chi connectivity index (χ2v) is 5.56. The van der Waals surface area contributed by atoms with Gasteiger partial charge in [0.15, 0.2) is 0 Å². The lowest BCUT2D eigenvalue weighted by Crippen LogP contribution is -2.56. The minimum absolute atomic E-state index is 0.0688. The number of nitro groups is 1. The van der Waals surface area contributed by atoms with Gasteiger partial charge in [0.05, 0.1) is 4.92 Å². The molecule has 0 radical (unpaired) electrons. The highest BCUT2D eigenvalue weighted by Gasteiger charge is 2.54. The molecule has 1 aromatic rings. The van der Waals surface area contributed by atoms with Crippen LogP contribution in [0.5, 0.6) is 0 Å². The van der Waals surface area contributed by atoms with E-state index in [4.69, 9.17) is 0 Å². The van der Waals surface area contributed by atoms with Gasteiger partial charge in [-0.2, -0.15) is 0 Å². The van der Waals surface area contributed by atoms with Crippen LogP contribution in [0, 0.1) is 16.0 Å². The van der Waals surface area contributed by atoms with Gasteiger partial charge in [-0.05, 0) is 25.5 Å². The highest BCUT2D eigenvalue weighted by atomic mass is 16.6. The van der Waals surface area contributed by atoms with Crippen molar-refractivity contribution in [2.45, 2.75) is 25.3 Å². The van der Waals surface area contributed by atoms with Crippen molar-refractivity contribution in [3.8, 4) is 0 Å². The van der Waals surface area contributed by atoms with Crippen molar-refractivity contribution in [3.05, 3.63) is 51.7 Å². The Hall–Kier alpha value is -2.90. The zero-order valence-electron chi connectivity index (χ0n) is 12.5. The number of allylic oxidation sites excluding steroid dienone is 1. The third-order valence-corrected chi connectivity index (χ3v) is 4.04. The molecule has 3 unspecified atom stereocenters. The van der Waals surface area contributed by atoms with Crippen LogP contribution in [0.2, 0.25) is 0 Å². The molecule has 8 nitrogen and oxygen atoms in total. The van der Waals surface area contributed by atoms with Crippen LogP contribution in [0.15, 0.2) is 36.0 Å². The molecular weight excluding hydrogens is 304 g/mol. The number of hydrogen-bond acceptors (Lipinski definition) is 5. The van der Waals surface area contributed by atoms with E-state index >= 15 is 0 Å². The lowest BCUT2D eigenvalue weighted by molar-refractivity contribution is -0.385. The number of nitrogens with zero attached hydrogens (tertiary/aromatic N) is 1. The molecule has 1 aliphatic rings. The summed E-state index contributed by atoms with van der Waals surface area (Å²) in [5, 5.41) is 33.3. The predicted molar refractivity (Wildman–Crippen MR) is 79.9 cm³/mol. The van der Waals surface area contributed by atoms with Crippen molar-refractivity contribution >= 4 is 17.6 Å². The summed E-state index contributed by atoms with van der Waals surface area (Å²) < 4.78 is 0. The van der Waals surface area contributed by atoms with Gasteiger partial charge in [0.1, 0.15) is 11.3 Å². The van der Waals surface area contributed by atoms with E-state index in [1.807, 2.05) is 0 Å². The van der Waals surface area contributed by atoms with E-state index in [2.05, 4.69) is 5.32 Å². The first-order valence-corrected chi connectivity index (χ1v) is 6.87. The second-order valence-electron chi connectivity index (χ2n) is 5.56. The summed E-state index contributed by atoms with van der Waals surface area (Å²) in [5.74, 6) is -3.97. The fraction of sp³-hybridized carbons (Fsp3) is 0.333. The van der Waals surface area contributed by atoms with E-state index < -0.39 is 34.2 Å². The van der Waals surface area contributed by atoms with Crippen LogP contribution in [-0.2, 0) is 15.0 Å². The minimum atomic E-state index is -1.88. The third kappa shape index (κ3) is 2.63. The molecule has 0 aliphatic carbocycles. The monoisotopic (exact) mass is 320 g/mol. The van der Waals surface area contributed by atoms with E-state index in [9.17, 15) is 29.9 Å². The van der Waals surface area contributed by atoms with Gasteiger partial charge in [0.25, 0.3) is 5.69 Å². The molecular formula is C15H16N2O6. The Kier molecular flexibility index (Phi) is 4.09. The Labute approximate surface area is 131 Å². The second kappa shape index (κ2) is 5.71. The van der Waals surface area contributed by atoms with Gasteiger partial charge in [-0.25, -0.2) is 0 Å². The van der Waals surface area contributed by atoms with Crippen molar-refractivity contribution in [1.29, 1.82) is 0 Å². The Morgan fingerprint density at radius 2 is 2.00 bits per heavy atom. The van der Waals surface area contributed by atoms with Gasteiger partial charge in [-0.1, -0.05) is 12.1 Å². The lowest BCUT2D eigenvalue weighted by atomic mass is 9.65. The zero-order chi connectivity index (χ0) is 17.4. The van der Waals surface area contributed by atoms with Gasteiger partial charge < -0.3 is 15.5 Å². The number of carboxylic acids is 2. The molecule has 122 valence electrons. The highest BCUT2D eigenvalue weighted by molar-refractivity contribution is 5.92. The first-order valence-electron chi connectivity index (χ1n) is 6.87. The van der Waals surface area contributed by atoms with Crippen LogP contribution >= 0.6 is 0 Å².